The van der Waals surface area contributed by atoms with Crippen LogP contribution >= 0.6 is 7.60 Å². The third kappa shape index (κ3) is 10.4. The summed E-state index contributed by atoms with van der Waals surface area (Å²) in [6, 6.07) is 0. The SMILES string of the molecule is CN(C(=N)N)C(C(=O)O)P(=O)(O)O.O.O.[Na].[Na]. The number of nitrogens with two attached hydrogens (primary N) is 1. The van der Waals surface area contributed by atoms with Gasteiger partial charge in [0.15, 0.2) is 5.96 Å². The number of carboxylic acid groups (broad SMARTS) is 1. The Morgan fingerprint density at radius 2 is 1.65 bits per heavy atom. The summed E-state index contributed by atoms with van der Waals surface area (Å²) in [5, 5.41) is 15.2. The minimum absolute atomic E-state index is 0. The molecule has 94 valence electrons. The minimum Gasteiger partial charge on any atom is -0.479 e. The van der Waals surface area contributed by atoms with Gasteiger partial charge in [-0.25, -0.2) is 4.79 Å². The maximum atomic E-state index is 10.6. The molecule has 13 heteroatoms. The van der Waals surface area contributed by atoms with E-state index in [0.29, 0.717) is 4.90 Å². The molecule has 0 fully saturated rings. The number of guanidine groups is 1. The van der Waals surface area contributed by atoms with Gasteiger partial charge < -0.3 is 36.5 Å². The zero-order valence-electron chi connectivity index (χ0n) is 9.71. The number of rotatable bonds is 3. The first-order valence-corrected chi connectivity index (χ1v) is 4.71. The molecule has 0 saturated heterocycles. The Balaban J connectivity index is -0.000000120. The van der Waals surface area contributed by atoms with Gasteiger partial charge in [0.2, 0.25) is 5.78 Å². The van der Waals surface area contributed by atoms with Crippen molar-refractivity contribution in [2.24, 2.45) is 5.73 Å². The summed E-state index contributed by atoms with van der Waals surface area (Å²) in [5.74, 6) is -4.56. The number of carbonyl (C=O) groups is 1. The summed E-state index contributed by atoms with van der Waals surface area (Å²) in [7, 11) is -3.82. The van der Waals surface area contributed by atoms with Gasteiger partial charge in [-0.1, -0.05) is 0 Å². The van der Waals surface area contributed by atoms with Crippen LogP contribution in [0.3, 0.4) is 0 Å². The molecule has 0 aromatic rings. The molecule has 0 aliphatic rings. The van der Waals surface area contributed by atoms with Gasteiger partial charge in [-0.05, 0) is 0 Å². The van der Waals surface area contributed by atoms with Crippen molar-refractivity contribution >= 4 is 78.6 Å². The molecule has 10 nitrogen and oxygen atoms in total. The van der Waals surface area contributed by atoms with E-state index in [0.717, 1.165) is 7.05 Å². The fourth-order valence-corrected chi connectivity index (χ4v) is 1.53. The van der Waals surface area contributed by atoms with E-state index in [2.05, 4.69) is 0 Å². The third-order valence-electron chi connectivity index (χ3n) is 1.29. The second-order valence-electron chi connectivity index (χ2n) is 2.30. The number of hydrogen-bond acceptors (Lipinski definition) is 3. The van der Waals surface area contributed by atoms with Crippen molar-refractivity contribution in [1.29, 1.82) is 5.41 Å². The van der Waals surface area contributed by atoms with Crippen molar-refractivity contribution in [3.8, 4) is 0 Å². The zero-order valence-corrected chi connectivity index (χ0v) is 14.6. The van der Waals surface area contributed by atoms with E-state index in [9.17, 15) is 9.36 Å². The third-order valence-corrected chi connectivity index (χ3v) is 2.49. The molecule has 0 aliphatic heterocycles. The maximum Gasteiger partial charge on any atom is 0.359 e. The Labute approximate surface area is 141 Å². The average Bonchev–Trinajstić information content (AvgIpc) is 1.82. The van der Waals surface area contributed by atoms with Gasteiger partial charge in [0.05, 0.1) is 0 Å². The monoisotopic (exact) mass is 293 g/mol. The summed E-state index contributed by atoms with van der Waals surface area (Å²) in [5.41, 5.74) is 4.87. The number of carboxylic acids is 1. The van der Waals surface area contributed by atoms with Crippen LogP contribution in [0.2, 0.25) is 0 Å². The fourth-order valence-electron chi connectivity index (χ4n) is 0.667. The van der Waals surface area contributed by atoms with Crippen molar-refractivity contribution in [3.63, 3.8) is 0 Å². The van der Waals surface area contributed by atoms with Crippen LogP contribution in [0.4, 0.5) is 0 Å². The first-order chi connectivity index (χ1) is 5.68. The molecular formula is C4H14N3Na2O7P. The van der Waals surface area contributed by atoms with Gasteiger partial charge >= 0.3 is 13.6 Å². The van der Waals surface area contributed by atoms with Gasteiger partial charge in [0.25, 0.3) is 0 Å². The minimum atomic E-state index is -4.84. The standard InChI is InChI=1S/C4H10N3O5P.2Na.2H2O/c1-7(4(5)6)2(3(8)9)13(10,11)12;;;;/h2H,1H3,(H3,5,6)(H,8,9)(H2,10,11,12);;;2*1H2. The van der Waals surface area contributed by atoms with Gasteiger partial charge in [-0.2, -0.15) is 0 Å². The average molecular weight is 293 g/mol. The normalized spacial score (nSPS) is 10.3. The van der Waals surface area contributed by atoms with Crippen molar-refractivity contribution in [2.75, 3.05) is 7.05 Å². The number of likely N-dealkylation sites (N-methyl/N-ethyl adjacent to an activating group) is 1. The van der Waals surface area contributed by atoms with Crippen LogP contribution in [0, 0.1) is 5.41 Å². The number of nitrogens with zero attached hydrogens (tertiary/aromatic N) is 1. The Morgan fingerprint density at radius 3 is 1.71 bits per heavy atom. The van der Waals surface area contributed by atoms with Crippen LogP contribution in [-0.2, 0) is 9.36 Å². The van der Waals surface area contributed by atoms with Crippen LogP contribution in [0.1, 0.15) is 0 Å². The first kappa shape index (κ1) is 30.7. The van der Waals surface area contributed by atoms with Crippen LogP contribution < -0.4 is 5.73 Å². The molecule has 0 spiro atoms. The molecule has 0 aromatic carbocycles. The maximum absolute atomic E-state index is 10.6. The van der Waals surface area contributed by atoms with Crippen LogP contribution in [0.25, 0.3) is 0 Å². The Morgan fingerprint density at radius 1 is 1.35 bits per heavy atom. The number of aliphatic carboxylic acids is 1. The molecule has 10 N–H and O–H groups in total. The molecule has 0 aliphatic carbocycles. The molecule has 0 heterocycles. The molecule has 1 unspecified atom stereocenters. The molecule has 0 bridgehead atoms. The van der Waals surface area contributed by atoms with Gasteiger partial charge in [-0.15, -0.1) is 0 Å². The fraction of sp³-hybridized carbons (Fsp3) is 0.500. The summed E-state index contributed by atoms with van der Waals surface area (Å²) < 4.78 is 10.6. The zero-order chi connectivity index (χ0) is 10.8. The Kier molecular flexibility index (Phi) is 21.4. The molecular weight excluding hydrogens is 279 g/mol. The predicted molar refractivity (Wildman–Crippen MR) is 61.9 cm³/mol. The molecule has 0 amide bonds. The van der Waals surface area contributed by atoms with Gasteiger partial charge in [-0.3, -0.25) is 9.97 Å². The second kappa shape index (κ2) is 11.9. The van der Waals surface area contributed by atoms with E-state index >= 15 is 0 Å². The molecule has 0 saturated carbocycles. The van der Waals surface area contributed by atoms with E-state index in [1.165, 1.54) is 0 Å². The largest absolute Gasteiger partial charge is 0.479 e. The molecule has 2 radical (unpaired) electrons. The predicted octanol–water partition coefficient (Wildman–Crippen LogP) is -4.01. The van der Waals surface area contributed by atoms with E-state index < -0.39 is 25.3 Å². The van der Waals surface area contributed by atoms with Gasteiger partial charge in [0.1, 0.15) is 0 Å². The van der Waals surface area contributed by atoms with Crippen molar-refractivity contribution < 1.29 is 35.2 Å². The van der Waals surface area contributed by atoms with Crippen LogP contribution in [-0.4, -0.2) is 115 Å². The topological polar surface area (TPSA) is 211 Å². The summed E-state index contributed by atoms with van der Waals surface area (Å²) in [6.45, 7) is 0. The molecule has 1 atom stereocenters. The van der Waals surface area contributed by atoms with Gasteiger partial charge in [0, 0.05) is 66.2 Å². The summed E-state index contributed by atoms with van der Waals surface area (Å²) in [6.07, 6.45) is 0. The number of hydrogen-bond donors (Lipinski definition) is 5. The smallest absolute Gasteiger partial charge is 0.359 e. The van der Waals surface area contributed by atoms with E-state index in [4.69, 9.17) is 26.0 Å². The quantitative estimate of drug-likeness (QED) is 0.150. The van der Waals surface area contributed by atoms with Crippen LogP contribution in [0.5, 0.6) is 0 Å². The van der Waals surface area contributed by atoms with Crippen molar-refractivity contribution in [3.05, 3.63) is 0 Å². The molecule has 0 rings (SSSR count). The van der Waals surface area contributed by atoms with E-state index in [1.807, 2.05) is 0 Å². The number of nitrogens with one attached hydrogen (secondary N) is 1. The Bertz CT molecular complexity index is 284. The summed E-state index contributed by atoms with van der Waals surface area (Å²) >= 11 is 0. The Hall–Kier alpha value is 0.810. The van der Waals surface area contributed by atoms with Crippen molar-refractivity contribution in [1.82, 2.24) is 4.90 Å². The molecule has 0 aromatic heterocycles. The first-order valence-electron chi connectivity index (χ1n) is 3.02. The second-order valence-corrected chi connectivity index (χ2v) is 3.96. The van der Waals surface area contributed by atoms with Crippen molar-refractivity contribution in [2.45, 2.75) is 5.78 Å². The van der Waals surface area contributed by atoms with E-state index in [-0.39, 0.29) is 70.1 Å². The van der Waals surface area contributed by atoms with E-state index in [1.54, 1.807) is 0 Å². The summed E-state index contributed by atoms with van der Waals surface area (Å²) in [4.78, 5) is 28.1. The molecule has 17 heavy (non-hydrogen) atoms. The van der Waals surface area contributed by atoms with Crippen LogP contribution in [0.15, 0.2) is 0 Å².